The van der Waals surface area contributed by atoms with Crippen molar-refractivity contribution in [1.29, 1.82) is 0 Å². The van der Waals surface area contributed by atoms with Gasteiger partial charge in [0.15, 0.2) is 5.96 Å². The number of benzene rings is 2. The number of rotatable bonds is 5. The summed E-state index contributed by atoms with van der Waals surface area (Å²) in [6, 6.07) is 16.5. The molecule has 3 aromatic rings. The maximum Gasteiger partial charge on any atom is 0.191 e. The van der Waals surface area contributed by atoms with E-state index >= 15 is 0 Å². The summed E-state index contributed by atoms with van der Waals surface area (Å²) in [5.41, 5.74) is 3.15. The fourth-order valence-electron chi connectivity index (χ4n) is 2.38. The number of aliphatic imine (C=N–C) groups is 1. The minimum atomic E-state index is -0.232. The molecule has 0 saturated heterocycles. The van der Waals surface area contributed by atoms with Crippen molar-refractivity contribution in [3.8, 4) is 5.69 Å². The van der Waals surface area contributed by atoms with Gasteiger partial charge in [-0.2, -0.15) is 5.10 Å². The van der Waals surface area contributed by atoms with E-state index in [0.717, 1.165) is 16.8 Å². The molecule has 136 valence electrons. The van der Waals surface area contributed by atoms with Gasteiger partial charge in [0, 0.05) is 32.5 Å². The Morgan fingerprint density at radius 1 is 1.00 bits per heavy atom. The van der Waals surface area contributed by atoms with E-state index < -0.39 is 0 Å². The normalized spacial score (nSPS) is 10.9. The fourth-order valence-corrected chi connectivity index (χ4v) is 2.38. The summed E-state index contributed by atoms with van der Waals surface area (Å²) in [5.74, 6) is 0.463. The summed E-state index contributed by atoms with van der Waals surface area (Å²) in [6.07, 6.45) is 3.67. The van der Waals surface area contributed by atoms with Crippen LogP contribution in [0.15, 0.2) is 72.0 Å². The molecule has 0 aliphatic heterocycles. The van der Waals surface area contributed by atoms with Gasteiger partial charge < -0.3 is 10.6 Å². The molecule has 5 nitrogen and oxygen atoms in total. The average Bonchev–Trinajstić information content (AvgIpc) is 3.18. The molecular weight excluding hydrogens is 444 g/mol. The van der Waals surface area contributed by atoms with Crippen molar-refractivity contribution in [2.24, 2.45) is 4.99 Å². The number of nitrogens with one attached hydrogen (secondary N) is 2. The predicted molar refractivity (Wildman–Crippen MR) is 112 cm³/mol. The number of hydrogen-bond donors (Lipinski definition) is 2. The molecule has 0 spiro atoms. The molecule has 26 heavy (non-hydrogen) atoms. The first-order chi connectivity index (χ1) is 12.2. The lowest BCUT2D eigenvalue weighted by molar-refractivity contribution is 0.626. The van der Waals surface area contributed by atoms with E-state index in [-0.39, 0.29) is 29.8 Å². The highest BCUT2D eigenvalue weighted by Gasteiger charge is 2.01. The van der Waals surface area contributed by atoms with Gasteiger partial charge in [-0.15, -0.1) is 24.0 Å². The number of guanidine groups is 1. The van der Waals surface area contributed by atoms with Gasteiger partial charge in [-0.3, -0.25) is 4.99 Å². The van der Waals surface area contributed by atoms with E-state index in [0.29, 0.717) is 19.0 Å². The van der Waals surface area contributed by atoms with Crippen molar-refractivity contribution in [1.82, 2.24) is 20.4 Å². The van der Waals surface area contributed by atoms with Gasteiger partial charge in [0.2, 0.25) is 0 Å². The van der Waals surface area contributed by atoms with E-state index in [1.807, 2.05) is 29.1 Å². The second-order valence-electron chi connectivity index (χ2n) is 5.52. The Morgan fingerprint density at radius 3 is 2.08 bits per heavy atom. The van der Waals surface area contributed by atoms with Crippen LogP contribution in [0.4, 0.5) is 4.39 Å². The number of hydrogen-bond acceptors (Lipinski definition) is 2. The van der Waals surface area contributed by atoms with Crippen LogP contribution < -0.4 is 10.6 Å². The first-order valence-corrected chi connectivity index (χ1v) is 8.02. The van der Waals surface area contributed by atoms with Crippen molar-refractivity contribution in [3.05, 3.63) is 83.9 Å². The SMILES string of the molecule is CN=C(NCc1ccc(F)cc1)NCc1ccc(-n2cccn2)cc1.I. The van der Waals surface area contributed by atoms with Crippen LogP contribution in [0, 0.1) is 5.82 Å². The van der Waals surface area contributed by atoms with Crippen LogP contribution in [0.2, 0.25) is 0 Å². The van der Waals surface area contributed by atoms with E-state index in [9.17, 15) is 4.39 Å². The highest BCUT2D eigenvalue weighted by Crippen LogP contribution is 2.08. The lowest BCUT2D eigenvalue weighted by Crippen LogP contribution is -2.36. The Bertz CT molecular complexity index is 814. The van der Waals surface area contributed by atoms with Crippen molar-refractivity contribution in [3.63, 3.8) is 0 Å². The molecule has 2 aromatic carbocycles. The number of halogens is 2. The van der Waals surface area contributed by atoms with Crippen LogP contribution in [0.1, 0.15) is 11.1 Å². The van der Waals surface area contributed by atoms with Crippen LogP contribution in [0.5, 0.6) is 0 Å². The minimum absolute atomic E-state index is 0. The van der Waals surface area contributed by atoms with Gasteiger partial charge in [-0.25, -0.2) is 9.07 Å². The molecule has 1 aromatic heterocycles. The van der Waals surface area contributed by atoms with Crippen molar-refractivity contribution >= 4 is 29.9 Å². The lowest BCUT2D eigenvalue weighted by Gasteiger charge is -2.12. The Morgan fingerprint density at radius 2 is 1.58 bits per heavy atom. The third-order valence-electron chi connectivity index (χ3n) is 3.76. The predicted octanol–water partition coefficient (Wildman–Crippen LogP) is 3.49. The smallest absolute Gasteiger partial charge is 0.191 e. The van der Waals surface area contributed by atoms with Gasteiger partial charge in [-0.1, -0.05) is 24.3 Å². The average molecular weight is 465 g/mol. The molecule has 0 aliphatic rings. The van der Waals surface area contributed by atoms with Crippen LogP contribution in [0.25, 0.3) is 5.69 Å². The summed E-state index contributed by atoms with van der Waals surface area (Å²) < 4.78 is 14.7. The number of nitrogens with zero attached hydrogens (tertiary/aromatic N) is 3. The zero-order valence-corrected chi connectivity index (χ0v) is 16.7. The molecule has 0 radical (unpaired) electrons. The van der Waals surface area contributed by atoms with Crippen LogP contribution in [-0.2, 0) is 13.1 Å². The van der Waals surface area contributed by atoms with Crippen LogP contribution in [0.3, 0.4) is 0 Å². The van der Waals surface area contributed by atoms with Crippen molar-refractivity contribution in [2.75, 3.05) is 7.05 Å². The molecule has 7 heteroatoms. The summed E-state index contributed by atoms with van der Waals surface area (Å²) >= 11 is 0. The van der Waals surface area contributed by atoms with Crippen molar-refractivity contribution < 1.29 is 4.39 Å². The molecule has 0 amide bonds. The quantitative estimate of drug-likeness (QED) is 0.345. The van der Waals surface area contributed by atoms with E-state index in [4.69, 9.17) is 0 Å². The molecule has 3 rings (SSSR count). The van der Waals surface area contributed by atoms with Crippen LogP contribution >= 0.6 is 24.0 Å². The van der Waals surface area contributed by atoms with Gasteiger partial charge in [0.1, 0.15) is 5.82 Å². The third-order valence-corrected chi connectivity index (χ3v) is 3.76. The largest absolute Gasteiger partial charge is 0.352 e. The van der Waals surface area contributed by atoms with Gasteiger partial charge >= 0.3 is 0 Å². The van der Waals surface area contributed by atoms with Gasteiger partial charge in [0.25, 0.3) is 0 Å². The van der Waals surface area contributed by atoms with E-state index in [2.05, 4.69) is 32.9 Å². The molecular formula is C19H21FIN5. The molecule has 0 bridgehead atoms. The molecule has 0 aliphatic carbocycles. The molecule has 0 saturated carbocycles. The molecule has 0 unspecified atom stereocenters. The second-order valence-corrected chi connectivity index (χ2v) is 5.52. The molecule has 2 N–H and O–H groups in total. The van der Waals surface area contributed by atoms with Crippen molar-refractivity contribution in [2.45, 2.75) is 13.1 Å². The highest BCUT2D eigenvalue weighted by atomic mass is 127. The summed E-state index contributed by atoms with van der Waals surface area (Å²) in [5, 5.41) is 10.7. The summed E-state index contributed by atoms with van der Waals surface area (Å²) in [6.45, 7) is 1.24. The van der Waals surface area contributed by atoms with E-state index in [1.165, 1.54) is 12.1 Å². The second kappa shape index (κ2) is 9.91. The molecule has 0 atom stereocenters. The maximum atomic E-state index is 12.9. The summed E-state index contributed by atoms with van der Waals surface area (Å²) in [7, 11) is 1.72. The Hall–Kier alpha value is -2.42. The Balaban J connectivity index is 0.00000243. The molecule has 0 fully saturated rings. The lowest BCUT2D eigenvalue weighted by atomic mass is 10.2. The fraction of sp³-hybridized carbons (Fsp3) is 0.158. The van der Waals surface area contributed by atoms with Gasteiger partial charge in [-0.05, 0) is 41.5 Å². The monoisotopic (exact) mass is 465 g/mol. The van der Waals surface area contributed by atoms with Gasteiger partial charge in [0.05, 0.1) is 5.69 Å². The Labute approximate surface area is 169 Å². The number of aromatic nitrogens is 2. The zero-order valence-electron chi connectivity index (χ0n) is 14.4. The maximum absolute atomic E-state index is 12.9. The highest BCUT2D eigenvalue weighted by molar-refractivity contribution is 14.0. The van der Waals surface area contributed by atoms with E-state index in [1.54, 1.807) is 25.4 Å². The minimum Gasteiger partial charge on any atom is -0.352 e. The topological polar surface area (TPSA) is 54.2 Å². The zero-order chi connectivity index (χ0) is 17.5. The molecule has 1 heterocycles. The summed E-state index contributed by atoms with van der Waals surface area (Å²) in [4.78, 5) is 4.20. The first kappa shape index (κ1) is 19.9. The first-order valence-electron chi connectivity index (χ1n) is 8.02. The third kappa shape index (κ3) is 5.55. The Kier molecular flexibility index (Phi) is 7.58. The van der Waals surface area contributed by atoms with Crippen LogP contribution in [-0.4, -0.2) is 22.8 Å². The standard InChI is InChI=1S/C19H20FN5.HI/c1-21-19(22-13-15-3-7-17(20)8-4-15)23-14-16-5-9-18(10-6-16)25-12-2-11-24-25;/h2-12H,13-14H2,1H3,(H2,21,22,23);1H.